The van der Waals surface area contributed by atoms with Gasteiger partial charge in [-0.05, 0) is 58.0 Å². The number of carbonyl (C=O) groups is 1. The van der Waals surface area contributed by atoms with Crippen LogP contribution in [0.3, 0.4) is 0 Å². The highest BCUT2D eigenvalue weighted by atomic mass is 16.5. The van der Waals surface area contributed by atoms with Crippen molar-refractivity contribution in [2.24, 2.45) is 5.10 Å². The van der Waals surface area contributed by atoms with E-state index in [0.29, 0.717) is 24.1 Å². The lowest BCUT2D eigenvalue weighted by atomic mass is 10.0. The molecule has 0 spiro atoms. The minimum absolute atomic E-state index is 0.233. The Morgan fingerprint density at radius 2 is 1.92 bits per heavy atom. The lowest BCUT2D eigenvalue weighted by Gasteiger charge is -2.27. The van der Waals surface area contributed by atoms with E-state index in [9.17, 15) is 4.79 Å². The normalized spacial score (nSPS) is 17.4. The standard InChI is InChI=1S/C18H28N4O2/c1-7-22(8-2)13(6)16-11(4)15(19-12(16)5)10-14-17(23)20-21-18(14)24-9-3/h10,13,19H,7-9H2,1-6H3,(H,20,23)/b14-10-. The molecule has 1 aromatic rings. The Kier molecular flexibility index (Phi) is 5.83. The van der Waals surface area contributed by atoms with Gasteiger partial charge in [-0.15, -0.1) is 5.10 Å². The molecule has 1 atom stereocenters. The molecule has 132 valence electrons. The fourth-order valence-corrected chi connectivity index (χ4v) is 3.35. The monoisotopic (exact) mass is 332 g/mol. The number of nitrogens with one attached hydrogen (secondary N) is 2. The average molecular weight is 332 g/mol. The zero-order chi connectivity index (χ0) is 17.9. The average Bonchev–Trinajstić information content (AvgIpc) is 3.02. The predicted octanol–water partition coefficient (Wildman–Crippen LogP) is 2.90. The van der Waals surface area contributed by atoms with Crippen molar-refractivity contribution in [3.05, 3.63) is 28.1 Å². The maximum atomic E-state index is 12.0. The lowest BCUT2D eigenvalue weighted by Crippen LogP contribution is -2.27. The highest BCUT2D eigenvalue weighted by molar-refractivity contribution is 6.24. The first-order valence-corrected chi connectivity index (χ1v) is 8.60. The second-order valence-corrected chi connectivity index (χ2v) is 5.95. The number of carbonyl (C=O) groups excluding carboxylic acids is 1. The molecule has 2 heterocycles. The number of hydrogen-bond donors (Lipinski definition) is 2. The van der Waals surface area contributed by atoms with Crippen LogP contribution in [0.5, 0.6) is 0 Å². The molecule has 1 amide bonds. The molecule has 1 aliphatic heterocycles. The summed E-state index contributed by atoms with van der Waals surface area (Å²) in [5.74, 6) is 0.121. The number of hydrazone groups is 1. The van der Waals surface area contributed by atoms with Crippen molar-refractivity contribution in [2.75, 3.05) is 19.7 Å². The lowest BCUT2D eigenvalue weighted by molar-refractivity contribution is -0.116. The van der Waals surface area contributed by atoms with Gasteiger partial charge >= 0.3 is 0 Å². The van der Waals surface area contributed by atoms with Crippen LogP contribution in [0.25, 0.3) is 6.08 Å². The molecule has 2 rings (SSSR count). The molecule has 0 saturated carbocycles. The van der Waals surface area contributed by atoms with Crippen LogP contribution < -0.4 is 5.43 Å². The summed E-state index contributed by atoms with van der Waals surface area (Å²) in [6, 6.07) is 0.320. The molecule has 0 aromatic carbocycles. The van der Waals surface area contributed by atoms with E-state index in [4.69, 9.17) is 4.74 Å². The topological polar surface area (TPSA) is 69.7 Å². The van der Waals surface area contributed by atoms with Gasteiger partial charge in [-0.25, -0.2) is 5.43 Å². The number of aromatic amines is 1. The van der Waals surface area contributed by atoms with Gasteiger partial charge in [-0.2, -0.15) is 0 Å². The van der Waals surface area contributed by atoms with Gasteiger partial charge in [0.2, 0.25) is 5.90 Å². The minimum atomic E-state index is -0.233. The first-order chi connectivity index (χ1) is 11.4. The molecule has 2 N–H and O–H groups in total. The summed E-state index contributed by atoms with van der Waals surface area (Å²) in [5, 5.41) is 3.94. The summed E-state index contributed by atoms with van der Waals surface area (Å²) in [7, 11) is 0. The third kappa shape index (κ3) is 3.38. The summed E-state index contributed by atoms with van der Waals surface area (Å²) in [4.78, 5) is 17.8. The number of amides is 1. The molecule has 6 nitrogen and oxygen atoms in total. The van der Waals surface area contributed by atoms with Gasteiger partial charge in [0.1, 0.15) is 5.57 Å². The van der Waals surface area contributed by atoms with Crippen LogP contribution in [0.2, 0.25) is 0 Å². The van der Waals surface area contributed by atoms with Crippen molar-refractivity contribution >= 4 is 17.9 Å². The van der Waals surface area contributed by atoms with Crippen LogP contribution in [0.1, 0.15) is 56.3 Å². The number of rotatable bonds is 6. The summed E-state index contributed by atoms with van der Waals surface area (Å²) in [6.07, 6.45) is 1.83. The largest absolute Gasteiger partial charge is 0.476 e. The van der Waals surface area contributed by atoms with Gasteiger partial charge in [-0.1, -0.05) is 13.8 Å². The van der Waals surface area contributed by atoms with E-state index >= 15 is 0 Å². The number of hydrogen-bond acceptors (Lipinski definition) is 4. The van der Waals surface area contributed by atoms with Crippen LogP contribution in [0.15, 0.2) is 10.7 Å². The zero-order valence-electron chi connectivity index (χ0n) is 15.5. The minimum Gasteiger partial charge on any atom is -0.476 e. The Labute approximate surface area is 144 Å². The van der Waals surface area contributed by atoms with Crippen LogP contribution in [0, 0.1) is 13.8 Å². The first-order valence-electron chi connectivity index (χ1n) is 8.60. The summed E-state index contributed by atoms with van der Waals surface area (Å²) in [6.45, 7) is 15.1. The molecule has 0 bridgehead atoms. The molecule has 0 radical (unpaired) electrons. The SMILES string of the molecule is CCOC1=NNC(=O)/C1=C/c1[nH]c(C)c(C(C)N(CC)CC)c1C. The van der Waals surface area contributed by atoms with E-state index in [2.05, 4.69) is 55.0 Å². The van der Waals surface area contributed by atoms with E-state index in [1.165, 1.54) is 5.56 Å². The fourth-order valence-electron chi connectivity index (χ4n) is 3.35. The van der Waals surface area contributed by atoms with Crippen LogP contribution in [-0.2, 0) is 9.53 Å². The molecular weight excluding hydrogens is 304 g/mol. The highest BCUT2D eigenvalue weighted by Crippen LogP contribution is 2.30. The van der Waals surface area contributed by atoms with E-state index < -0.39 is 0 Å². The number of H-pyrrole nitrogens is 1. The Balaban J connectivity index is 2.40. The predicted molar refractivity (Wildman–Crippen MR) is 96.8 cm³/mol. The molecule has 1 aliphatic rings. The Bertz CT molecular complexity index is 669. The second kappa shape index (κ2) is 7.66. The maximum Gasteiger partial charge on any atom is 0.277 e. The van der Waals surface area contributed by atoms with E-state index in [1.54, 1.807) is 0 Å². The maximum absolute atomic E-state index is 12.0. The first kappa shape index (κ1) is 18.3. The van der Waals surface area contributed by atoms with Crippen LogP contribution in [-0.4, -0.2) is 41.4 Å². The van der Waals surface area contributed by atoms with Crippen molar-refractivity contribution in [3.63, 3.8) is 0 Å². The third-order valence-electron chi connectivity index (χ3n) is 4.62. The van der Waals surface area contributed by atoms with Gasteiger partial charge in [0.05, 0.1) is 6.61 Å². The van der Waals surface area contributed by atoms with E-state index in [-0.39, 0.29) is 5.91 Å². The molecule has 1 aromatic heterocycles. The van der Waals surface area contributed by atoms with E-state index in [0.717, 1.165) is 30.0 Å². The fraction of sp³-hybridized carbons (Fsp3) is 0.556. The van der Waals surface area contributed by atoms with Crippen LogP contribution in [0.4, 0.5) is 0 Å². The summed E-state index contributed by atoms with van der Waals surface area (Å²) < 4.78 is 5.43. The zero-order valence-corrected chi connectivity index (χ0v) is 15.5. The van der Waals surface area contributed by atoms with Gasteiger partial charge in [0.25, 0.3) is 5.91 Å². The number of nitrogens with zero attached hydrogens (tertiary/aromatic N) is 2. The van der Waals surface area contributed by atoms with Crippen LogP contribution >= 0.6 is 0 Å². The number of ether oxygens (including phenoxy) is 1. The van der Waals surface area contributed by atoms with Crippen molar-refractivity contribution in [3.8, 4) is 0 Å². The van der Waals surface area contributed by atoms with Gasteiger partial charge in [0, 0.05) is 17.4 Å². The Morgan fingerprint density at radius 3 is 2.50 bits per heavy atom. The summed E-state index contributed by atoms with van der Waals surface area (Å²) in [5.41, 5.74) is 7.44. The second-order valence-electron chi connectivity index (χ2n) is 5.95. The van der Waals surface area contributed by atoms with Gasteiger partial charge in [0.15, 0.2) is 0 Å². The number of aromatic nitrogens is 1. The highest BCUT2D eigenvalue weighted by Gasteiger charge is 2.26. The summed E-state index contributed by atoms with van der Waals surface area (Å²) >= 11 is 0. The number of aryl methyl sites for hydroxylation is 1. The van der Waals surface area contributed by atoms with Crippen molar-refractivity contribution in [2.45, 2.75) is 47.6 Å². The van der Waals surface area contributed by atoms with Gasteiger partial charge < -0.3 is 9.72 Å². The van der Waals surface area contributed by atoms with E-state index in [1.807, 2.05) is 13.0 Å². The Morgan fingerprint density at radius 1 is 1.25 bits per heavy atom. The Hall–Kier alpha value is -2.08. The molecule has 0 saturated heterocycles. The molecule has 1 unspecified atom stereocenters. The molecule has 24 heavy (non-hydrogen) atoms. The molecule has 0 fully saturated rings. The van der Waals surface area contributed by atoms with Crippen molar-refractivity contribution in [1.82, 2.24) is 15.3 Å². The smallest absolute Gasteiger partial charge is 0.277 e. The molecule has 6 heteroatoms. The van der Waals surface area contributed by atoms with Crippen molar-refractivity contribution < 1.29 is 9.53 Å². The molecule has 0 aliphatic carbocycles. The van der Waals surface area contributed by atoms with Gasteiger partial charge in [-0.3, -0.25) is 9.69 Å². The third-order valence-corrected chi connectivity index (χ3v) is 4.62. The van der Waals surface area contributed by atoms with Crippen molar-refractivity contribution in [1.29, 1.82) is 0 Å². The quantitative estimate of drug-likeness (QED) is 0.787. The molecular formula is C18H28N4O2.